The Morgan fingerprint density at radius 1 is 0.850 bits per heavy atom. The molecule has 0 aromatic heterocycles. The van der Waals surface area contributed by atoms with E-state index in [-0.39, 0.29) is 0 Å². The van der Waals surface area contributed by atoms with Crippen LogP contribution in [0.4, 0.5) is 5.69 Å². The monoisotopic (exact) mass is 269 g/mol. The third-order valence-corrected chi connectivity index (χ3v) is 3.45. The standard InChI is InChI=1S/C18H23NO/c1-3-15-9-5-6-10-16(15)13-19-18-12-8-7-11-17(18)14-20-4-2/h5-12,19H,3-4,13-14H2,1-2H3. The van der Waals surface area contributed by atoms with Crippen molar-refractivity contribution in [2.75, 3.05) is 11.9 Å². The van der Waals surface area contributed by atoms with Crippen LogP contribution in [0, 0.1) is 0 Å². The van der Waals surface area contributed by atoms with E-state index in [1.54, 1.807) is 0 Å². The van der Waals surface area contributed by atoms with Crippen LogP contribution in [0.15, 0.2) is 48.5 Å². The number of hydrogen-bond acceptors (Lipinski definition) is 2. The Morgan fingerprint density at radius 3 is 2.20 bits per heavy atom. The molecule has 2 heteroatoms. The van der Waals surface area contributed by atoms with Crippen molar-refractivity contribution >= 4 is 5.69 Å². The van der Waals surface area contributed by atoms with E-state index >= 15 is 0 Å². The van der Waals surface area contributed by atoms with E-state index in [1.807, 2.05) is 6.92 Å². The molecule has 0 unspecified atom stereocenters. The molecular weight excluding hydrogens is 246 g/mol. The maximum atomic E-state index is 5.52. The number of ether oxygens (including phenoxy) is 1. The summed E-state index contributed by atoms with van der Waals surface area (Å²) in [5.41, 5.74) is 5.14. The summed E-state index contributed by atoms with van der Waals surface area (Å²) >= 11 is 0. The van der Waals surface area contributed by atoms with E-state index in [0.29, 0.717) is 6.61 Å². The van der Waals surface area contributed by atoms with Gasteiger partial charge < -0.3 is 10.1 Å². The zero-order valence-corrected chi connectivity index (χ0v) is 12.4. The average molecular weight is 269 g/mol. The third-order valence-electron chi connectivity index (χ3n) is 3.45. The van der Waals surface area contributed by atoms with Crippen LogP contribution in [0.5, 0.6) is 0 Å². The quantitative estimate of drug-likeness (QED) is 0.804. The second-order valence-electron chi connectivity index (χ2n) is 4.77. The van der Waals surface area contributed by atoms with Gasteiger partial charge in [0.25, 0.3) is 0 Å². The normalized spacial score (nSPS) is 10.5. The maximum Gasteiger partial charge on any atom is 0.0736 e. The van der Waals surface area contributed by atoms with Crippen molar-refractivity contribution < 1.29 is 4.74 Å². The number of benzene rings is 2. The number of aryl methyl sites for hydroxylation is 1. The van der Waals surface area contributed by atoms with Gasteiger partial charge in [0.1, 0.15) is 0 Å². The molecule has 20 heavy (non-hydrogen) atoms. The van der Waals surface area contributed by atoms with Gasteiger partial charge in [0.15, 0.2) is 0 Å². The lowest BCUT2D eigenvalue weighted by Gasteiger charge is -2.14. The molecular formula is C18H23NO. The Morgan fingerprint density at radius 2 is 1.50 bits per heavy atom. The van der Waals surface area contributed by atoms with E-state index in [2.05, 4.69) is 60.8 Å². The predicted octanol–water partition coefficient (Wildman–Crippen LogP) is 4.40. The van der Waals surface area contributed by atoms with Crippen LogP contribution in [0.3, 0.4) is 0 Å². The van der Waals surface area contributed by atoms with Gasteiger partial charge >= 0.3 is 0 Å². The molecule has 0 saturated carbocycles. The first-order valence-corrected chi connectivity index (χ1v) is 7.31. The summed E-state index contributed by atoms with van der Waals surface area (Å²) in [7, 11) is 0. The number of hydrogen-bond donors (Lipinski definition) is 1. The third kappa shape index (κ3) is 3.84. The van der Waals surface area contributed by atoms with Gasteiger partial charge in [-0.15, -0.1) is 0 Å². The first-order chi connectivity index (χ1) is 9.85. The predicted molar refractivity (Wildman–Crippen MR) is 84.9 cm³/mol. The van der Waals surface area contributed by atoms with Gasteiger partial charge in [0.05, 0.1) is 6.61 Å². The molecule has 0 aliphatic rings. The first kappa shape index (κ1) is 14.6. The van der Waals surface area contributed by atoms with Gasteiger partial charge in [-0.1, -0.05) is 49.4 Å². The zero-order chi connectivity index (χ0) is 14.2. The summed E-state index contributed by atoms with van der Waals surface area (Å²) in [6.45, 7) is 6.48. The Bertz CT molecular complexity index is 536. The fourth-order valence-electron chi connectivity index (χ4n) is 2.30. The molecule has 0 aliphatic heterocycles. The highest BCUT2D eigenvalue weighted by atomic mass is 16.5. The number of nitrogens with one attached hydrogen (secondary N) is 1. The largest absolute Gasteiger partial charge is 0.381 e. The van der Waals surface area contributed by atoms with Crippen LogP contribution in [0.25, 0.3) is 0 Å². The molecule has 2 rings (SSSR count). The molecule has 1 N–H and O–H groups in total. The summed E-state index contributed by atoms with van der Waals surface area (Å²) in [5.74, 6) is 0. The molecule has 0 aliphatic carbocycles. The molecule has 0 saturated heterocycles. The minimum atomic E-state index is 0.662. The Kier molecular flexibility index (Phi) is 5.63. The SMILES string of the molecule is CCOCc1ccccc1NCc1ccccc1CC. The van der Waals surface area contributed by atoms with Crippen LogP contribution in [-0.4, -0.2) is 6.61 Å². The van der Waals surface area contributed by atoms with Crippen molar-refractivity contribution in [3.8, 4) is 0 Å². The van der Waals surface area contributed by atoms with Crippen LogP contribution in [-0.2, 0) is 24.3 Å². The first-order valence-electron chi connectivity index (χ1n) is 7.31. The van der Waals surface area contributed by atoms with Crippen molar-refractivity contribution in [1.29, 1.82) is 0 Å². The van der Waals surface area contributed by atoms with Gasteiger partial charge in [-0.05, 0) is 30.5 Å². The molecule has 2 nitrogen and oxygen atoms in total. The highest BCUT2D eigenvalue weighted by molar-refractivity contribution is 5.51. The van der Waals surface area contributed by atoms with Crippen LogP contribution in [0.1, 0.15) is 30.5 Å². The topological polar surface area (TPSA) is 21.3 Å². The van der Waals surface area contributed by atoms with Gasteiger partial charge in [-0.2, -0.15) is 0 Å². The molecule has 0 radical (unpaired) electrons. The smallest absolute Gasteiger partial charge is 0.0736 e. The van der Waals surface area contributed by atoms with E-state index in [1.165, 1.54) is 16.7 Å². The molecule has 106 valence electrons. The molecule has 2 aromatic carbocycles. The molecule has 2 aromatic rings. The second kappa shape index (κ2) is 7.71. The van der Waals surface area contributed by atoms with E-state index in [9.17, 15) is 0 Å². The van der Waals surface area contributed by atoms with Crippen molar-refractivity contribution in [1.82, 2.24) is 0 Å². The van der Waals surface area contributed by atoms with Gasteiger partial charge in [0, 0.05) is 24.4 Å². The van der Waals surface area contributed by atoms with Crippen LogP contribution < -0.4 is 5.32 Å². The lowest BCUT2D eigenvalue weighted by molar-refractivity contribution is 0.134. The van der Waals surface area contributed by atoms with Crippen LogP contribution in [0.2, 0.25) is 0 Å². The van der Waals surface area contributed by atoms with Crippen molar-refractivity contribution in [2.24, 2.45) is 0 Å². The van der Waals surface area contributed by atoms with Gasteiger partial charge in [-0.25, -0.2) is 0 Å². The number of rotatable bonds is 7. The highest BCUT2D eigenvalue weighted by Gasteiger charge is 2.03. The van der Waals surface area contributed by atoms with E-state index in [0.717, 1.165) is 25.3 Å². The van der Waals surface area contributed by atoms with Crippen molar-refractivity contribution in [3.63, 3.8) is 0 Å². The molecule has 0 amide bonds. The lowest BCUT2D eigenvalue weighted by Crippen LogP contribution is -2.05. The van der Waals surface area contributed by atoms with Gasteiger partial charge in [-0.3, -0.25) is 0 Å². The molecule has 0 spiro atoms. The molecule has 0 atom stereocenters. The maximum absolute atomic E-state index is 5.52. The fraction of sp³-hybridized carbons (Fsp3) is 0.333. The number of anilines is 1. The van der Waals surface area contributed by atoms with Crippen LogP contribution >= 0.6 is 0 Å². The molecule has 0 bridgehead atoms. The molecule has 0 fully saturated rings. The second-order valence-corrected chi connectivity index (χ2v) is 4.77. The van der Waals surface area contributed by atoms with E-state index < -0.39 is 0 Å². The zero-order valence-electron chi connectivity index (χ0n) is 12.4. The Labute approximate surface area is 121 Å². The van der Waals surface area contributed by atoms with Gasteiger partial charge in [0.2, 0.25) is 0 Å². The van der Waals surface area contributed by atoms with Crippen molar-refractivity contribution in [2.45, 2.75) is 33.4 Å². The minimum Gasteiger partial charge on any atom is -0.381 e. The Balaban J connectivity index is 2.06. The molecule has 0 heterocycles. The number of para-hydroxylation sites is 1. The average Bonchev–Trinajstić information content (AvgIpc) is 2.52. The van der Waals surface area contributed by atoms with Crippen molar-refractivity contribution in [3.05, 3.63) is 65.2 Å². The summed E-state index contributed by atoms with van der Waals surface area (Å²) in [4.78, 5) is 0. The lowest BCUT2D eigenvalue weighted by atomic mass is 10.1. The fourth-order valence-corrected chi connectivity index (χ4v) is 2.30. The highest BCUT2D eigenvalue weighted by Crippen LogP contribution is 2.18. The summed E-state index contributed by atoms with van der Waals surface area (Å²) < 4.78 is 5.52. The summed E-state index contributed by atoms with van der Waals surface area (Å²) in [6.07, 6.45) is 1.07. The minimum absolute atomic E-state index is 0.662. The van der Waals surface area contributed by atoms with E-state index in [4.69, 9.17) is 4.74 Å². The summed E-state index contributed by atoms with van der Waals surface area (Å²) in [6, 6.07) is 16.9. The summed E-state index contributed by atoms with van der Waals surface area (Å²) in [5, 5.41) is 3.53. The Hall–Kier alpha value is -1.80.